The van der Waals surface area contributed by atoms with E-state index >= 15 is 0 Å². The lowest BCUT2D eigenvalue weighted by Crippen LogP contribution is -2.45. The van der Waals surface area contributed by atoms with Crippen LogP contribution in [0, 0.1) is 11.8 Å². The van der Waals surface area contributed by atoms with Gasteiger partial charge in [0, 0.05) is 12.4 Å². The first-order valence-electron chi connectivity index (χ1n) is 6.49. The van der Waals surface area contributed by atoms with Crippen LogP contribution < -0.4 is 0 Å². The minimum Gasteiger partial charge on any atom is -0.468 e. The van der Waals surface area contributed by atoms with E-state index in [0.29, 0.717) is 13.0 Å². The monoisotopic (exact) mass is 288 g/mol. The lowest BCUT2D eigenvalue weighted by molar-refractivity contribution is -0.166. The second-order valence-electron chi connectivity index (χ2n) is 5.11. The molecule has 0 aromatic rings. The fourth-order valence-corrected chi connectivity index (χ4v) is 4.33. The third kappa shape index (κ3) is 3.05. The molecule has 19 heavy (non-hydrogen) atoms. The smallest absolute Gasteiger partial charge is 0.320 e. The van der Waals surface area contributed by atoms with Crippen LogP contribution in [0.25, 0.3) is 0 Å². The lowest BCUT2D eigenvalue weighted by atomic mass is 9.78. The van der Waals surface area contributed by atoms with Crippen molar-refractivity contribution < 1.29 is 23.8 Å². The molecular formula is C13H20O5S. The summed E-state index contributed by atoms with van der Waals surface area (Å²) in [7, 11) is 2.61. The molecule has 2 aliphatic heterocycles. The first kappa shape index (κ1) is 14.7. The Labute approximate surface area is 117 Å². The zero-order chi connectivity index (χ0) is 13.9. The zero-order valence-corrected chi connectivity index (χ0v) is 12.2. The molecule has 2 atom stereocenters. The van der Waals surface area contributed by atoms with Crippen molar-refractivity contribution in [1.29, 1.82) is 0 Å². The van der Waals surface area contributed by atoms with Gasteiger partial charge in [0.1, 0.15) is 0 Å². The van der Waals surface area contributed by atoms with Crippen molar-refractivity contribution in [3.63, 3.8) is 0 Å². The molecule has 2 fully saturated rings. The zero-order valence-electron chi connectivity index (χ0n) is 11.3. The highest BCUT2D eigenvalue weighted by Crippen LogP contribution is 2.42. The Morgan fingerprint density at radius 1 is 1.32 bits per heavy atom. The van der Waals surface area contributed by atoms with Crippen molar-refractivity contribution in [1.82, 2.24) is 0 Å². The topological polar surface area (TPSA) is 61.8 Å². The molecule has 6 heteroatoms. The van der Waals surface area contributed by atoms with Gasteiger partial charge in [0.05, 0.1) is 19.8 Å². The van der Waals surface area contributed by atoms with Gasteiger partial charge >= 0.3 is 11.9 Å². The maximum absolute atomic E-state index is 11.8. The van der Waals surface area contributed by atoms with Gasteiger partial charge in [0.15, 0.2) is 5.92 Å². The van der Waals surface area contributed by atoms with E-state index < -0.39 is 17.9 Å². The molecule has 2 rings (SSSR count). The summed E-state index contributed by atoms with van der Waals surface area (Å²) in [6.45, 7) is 0.593. The minimum atomic E-state index is -0.818. The van der Waals surface area contributed by atoms with Gasteiger partial charge in [0.25, 0.3) is 0 Å². The molecule has 0 N–H and O–H groups in total. The van der Waals surface area contributed by atoms with Gasteiger partial charge in [0.2, 0.25) is 0 Å². The molecule has 5 nitrogen and oxygen atoms in total. The summed E-state index contributed by atoms with van der Waals surface area (Å²) in [5, 5.41) is 0. The molecule has 0 radical (unpaired) electrons. The second kappa shape index (κ2) is 6.13. The molecular weight excluding hydrogens is 268 g/mol. The van der Waals surface area contributed by atoms with Crippen molar-refractivity contribution in [3.05, 3.63) is 0 Å². The average Bonchev–Trinajstić information content (AvgIpc) is 2.86. The average molecular weight is 288 g/mol. The van der Waals surface area contributed by atoms with Gasteiger partial charge in [-0.1, -0.05) is 0 Å². The second-order valence-corrected chi connectivity index (χ2v) is 6.22. The van der Waals surface area contributed by atoms with Crippen molar-refractivity contribution in [2.75, 3.05) is 32.3 Å². The fraction of sp³-hybridized carbons (Fsp3) is 0.846. The van der Waals surface area contributed by atoms with Gasteiger partial charge in [-0.3, -0.25) is 9.59 Å². The Hall–Kier alpha value is -0.750. The molecule has 0 aromatic carbocycles. The SMILES string of the molecule is COC(=O)C(C(=O)OC)C1CCOC2(CCSC2)C1. The number of carbonyl (C=O) groups is 2. The summed E-state index contributed by atoms with van der Waals surface area (Å²) in [5.74, 6) is 0.152. The summed E-state index contributed by atoms with van der Waals surface area (Å²) < 4.78 is 15.4. The molecule has 0 aromatic heterocycles. The third-order valence-electron chi connectivity index (χ3n) is 3.98. The van der Waals surface area contributed by atoms with Crippen LogP contribution in [-0.4, -0.2) is 49.9 Å². The Morgan fingerprint density at radius 2 is 2.00 bits per heavy atom. The number of hydrogen-bond acceptors (Lipinski definition) is 6. The van der Waals surface area contributed by atoms with Crippen LogP contribution in [0.2, 0.25) is 0 Å². The Balaban J connectivity index is 2.12. The number of carbonyl (C=O) groups excluding carboxylic acids is 2. The number of rotatable bonds is 3. The van der Waals surface area contributed by atoms with Crippen LogP contribution in [0.15, 0.2) is 0 Å². The van der Waals surface area contributed by atoms with Crippen molar-refractivity contribution >= 4 is 23.7 Å². The number of thioether (sulfide) groups is 1. The van der Waals surface area contributed by atoms with Gasteiger partial charge in [-0.15, -0.1) is 0 Å². The summed E-state index contributed by atoms with van der Waals surface area (Å²) in [4.78, 5) is 23.7. The summed E-state index contributed by atoms with van der Waals surface area (Å²) in [5.41, 5.74) is -0.159. The van der Waals surface area contributed by atoms with Gasteiger partial charge in [-0.05, 0) is 30.9 Å². The summed E-state index contributed by atoms with van der Waals surface area (Å²) in [6.07, 6.45) is 2.42. The predicted molar refractivity (Wildman–Crippen MR) is 70.9 cm³/mol. The van der Waals surface area contributed by atoms with Crippen molar-refractivity contribution in [2.45, 2.75) is 24.9 Å². The van der Waals surface area contributed by atoms with Gasteiger partial charge in [-0.2, -0.15) is 11.8 Å². The van der Waals surface area contributed by atoms with Crippen LogP contribution in [0.3, 0.4) is 0 Å². The van der Waals surface area contributed by atoms with E-state index in [4.69, 9.17) is 14.2 Å². The summed E-state index contributed by atoms with van der Waals surface area (Å²) >= 11 is 1.86. The van der Waals surface area contributed by atoms with Crippen LogP contribution >= 0.6 is 11.8 Å². The predicted octanol–water partition coefficient (Wildman–Crippen LogP) is 1.25. The maximum Gasteiger partial charge on any atom is 0.320 e. The fourth-order valence-electron chi connectivity index (χ4n) is 2.95. The van der Waals surface area contributed by atoms with Crippen molar-refractivity contribution in [2.24, 2.45) is 11.8 Å². The van der Waals surface area contributed by atoms with Crippen LogP contribution in [0.5, 0.6) is 0 Å². The Bertz CT molecular complexity index is 335. The van der Waals surface area contributed by atoms with E-state index in [1.165, 1.54) is 14.2 Å². The Kier molecular flexibility index (Phi) is 4.73. The third-order valence-corrected chi connectivity index (χ3v) is 5.20. The normalized spacial score (nSPS) is 30.6. The van der Waals surface area contributed by atoms with E-state index in [9.17, 15) is 9.59 Å². The van der Waals surface area contributed by atoms with Gasteiger partial charge < -0.3 is 14.2 Å². The molecule has 0 amide bonds. The Morgan fingerprint density at radius 3 is 2.53 bits per heavy atom. The highest BCUT2D eigenvalue weighted by molar-refractivity contribution is 7.99. The molecule has 0 bridgehead atoms. The van der Waals surface area contributed by atoms with Crippen molar-refractivity contribution in [3.8, 4) is 0 Å². The lowest BCUT2D eigenvalue weighted by Gasteiger charge is -2.39. The van der Waals surface area contributed by atoms with E-state index in [1.807, 2.05) is 11.8 Å². The highest BCUT2D eigenvalue weighted by atomic mass is 32.2. The molecule has 108 valence electrons. The molecule has 2 saturated heterocycles. The molecule has 2 unspecified atom stereocenters. The minimum absolute atomic E-state index is 0.0488. The quantitative estimate of drug-likeness (QED) is 0.575. The van der Waals surface area contributed by atoms with Gasteiger partial charge in [-0.25, -0.2) is 0 Å². The number of hydrogen-bond donors (Lipinski definition) is 0. The van der Waals surface area contributed by atoms with Crippen LogP contribution in [0.1, 0.15) is 19.3 Å². The molecule has 0 saturated carbocycles. The van der Waals surface area contributed by atoms with E-state index in [1.54, 1.807) is 0 Å². The molecule has 2 heterocycles. The first-order chi connectivity index (χ1) is 9.12. The molecule has 0 aliphatic carbocycles. The van der Waals surface area contributed by atoms with Crippen LogP contribution in [0.4, 0.5) is 0 Å². The van der Waals surface area contributed by atoms with E-state index in [0.717, 1.165) is 24.3 Å². The van der Waals surface area contributed by atoms with E-state index in [-0.39, 0.29) is 11.5 Å². The van der Waals surface area contributed by atoms with Crippen LogP contribution in [-0.2, 0) is 23.8 Å². The number of ether oxygens (including phenoxy) is 3. The molecule has 2 aliphatic rings. The summed E-state index contributed by atoms with van der Waals surface area (Å²) in [6, 6.07) is 0. The maximum atomic E-state index is 11.8. The standard InChI is InChI=1S/C13H20O5S/c1-16-11(14)10(12(15)17-2)9-3-5-18-13(7-9)4-6-19-8-13/h9-10H,3-8H2,1-2H3. The number of methoxy groups -OCH3 is 2. The first-order valence-corrected chi connectivity index (χ1v) is 7.65. The number of esters is 2. The van der Waals surface area contributed by atoms with E-state index in [2.05, 4.69) is 0 Å². The largest absolute Gasteiger partial charge is 0.468 e. The molecule has 1 spiro atoms. The highest BCUT2D eigenvalue weighted by Gasteiger charge is 2.46.